The molecule has 0 bridgehead atoms. The van der Waals surface area contributed by atoms with Crippen LogP contribution in [0.5, 0.6) is 5.75 Å². The Morgan fingerprint density at radius 3 is 2.56 bits per heavy atom. The summed E-state index contributed by atoms with van der Waals surface area (Å²) >= 11 is 10.00. The number of hydrogen-bond donors (Lipinski definition) is 0. The normalized spacial score (nSPS) is 19.1. The molecule has 1 aromatic carbocycles. The van der Waals surface area contributed by atoms with Crippen molar-refractivity contribution in [2.75, 3.05) is 14.2 Å². The van der Waals surface area contributed by atoms with E-state index in [0.717, 1.165) is 35.0 Å². The first-order chi connectivity index (χ1) is 8.60. The van der Waals surface area contributed by atoms with E-state index < -0.39 is 0 Å². The Balaban J connectivity index is 2.09. The molecule has 1 aromatic rings. The van der Waals surface area contributed by atoms with Gasteiger partial charge in [0.1, 0.15) is 5.75 Å². The summed E-state index contributed by atoms with van der Waals surface area (Å²) < 4.78 is 11.8. The van der Waals surface area contributed by atoms with Crippen molar-refractivity contribution < 1.29 is 9.47 Å². The van der Waals surface area contributed by atoms with Gasteiger partial charge in [0.25, 0.3) is 0 Å². The maximum atomic E-state index is 6.51. The first-order valence-corrected chi connectivity index (χ1v) is 7.36. The van der Waals surface area contributed by atoms with Gasteiger partial charge in [-0.05, 0) is 59.3 Å². The fourth-order valence-corrected chi connectivity index (χ4v) is 3.36. The van der Waals surface area contributed by atoms with Crippen LogP contribution in [0.4, 0.5) is 0 Å². The molecule has 0 heterocycles. The lowest BCUT2D eigenvalue weighted by Crippen LogP contribution is -2.39. The number of rotatable bonds is 5. The van der Waals surface area contributed by atoms with Gasteiger partial charge in [0.15, 0.2) is 0 Å². The Labute approximate surface area is 122 Å². The predicted molar refractivity (Wildman–Crippen MR) is 77.5 cm³/mol. The molecule has 1 fully saturated rings. The molecular weight excluding hydrogens is 316 g/mol. The van der Waals surface area contributed by atoms with E-state index in [1.54, 1.807) is 14.2 Å². The van der Waals surface area contributed by atoms with E-state index in [1.807, 2.05) is 18.2 Å². The number of ether oxygens (including phenoxy) is 2. The molecule has 2 rings (SSSR count). The van der Waals surface area contributed by atoms with Gasteiger partial charge in [0.2, 0.25) is 0 Å². The van der Waals surface area contributed by atoms with Crippen molar-refractivity contribution in [3.05, 3.63) is 28.2 Å². The highest BCUT2D eigenvalue weighted by Crippen LogP contribution is 2.44. The van der Waals surface area contributed by atoms with E-state index in [4.69, 9.17) is 21.1 Å². The zero-order valence-electron chi connectivity index (χ0n) is 10.7. The van der Waals surface area contributed by atoms with Crippen LogP contribution >= 0.6 is 27.5 Å². The minimum absolute atomic E-state index is 0.00117. The van der Waals surface area contributed by atoms with Crippen LogP contribution in [0.1, 0.15) is 36.6 Å². The number of alkyl halides is 1. The highest BCUT2D eigenvalue weighted by Gasteiger charge is 2.38. The van der Waals surface area contributed by atoms with E-state index >= 15 is 0 Å². The molecular formula is C14H18BrClO2. The Hall–Kier alpha value is -0.250. The van der Waals surface area contributed by atoms with Crippen LogP contribution in [-0.4, -0.2) is 19.8 Å². The summed E-state index contributed by atoms with van der Waals surface area (Å²) in [6, 6.07) is 5.98. The second-order valence-corrected chi connectivity index (χ2v) is 6.19. The minimum atomic E-state index is -0.0209. The lowest BCUT2D eigenvalue weighted by Gasteiger charge is -2.41. The molecule has 2 nitrogen and oxygen atoms in total. The summed E-state index contributed by atoms with van der Waals surface area (Å²) in [5.74, 6) is 0.827. The average Bonchev–Trinajstić information content (AvgIpc) is 2.33. The van der Waals surface area contributed by atoms with Crippen LogP contribution in [0.2, 0.25) is 0 Å². The third-order valence-corrected chi connectivity index (χ3v) is 4.81. The molecule has 0 radical (unpaired) electrons. The topological polar surface area (TPSA) is 18.5 Å². The monoisotopic (exact) mass is 332 g/mol. The van der Waals surface area contributed by atoms with Gasteiger partial charge < -0.3 is 9.47 Å². The van der Waals surface area contributed by atoms with Crippen molar-refractivity contribution >= 4 is 27.5 Å². The molecule has 0 aromatic heterocycles. The fourth-order valence-electron chi connectivity index (χ4n) is 2.38. The largest absolute Gasteiger partial charge is 0.496 e. The number of halogens is 2. The van der Waals surface area contributed by atoms with Gasteiger partial charge in [-0.1, -0.05) is 6.07 Å². The summed E-state index contributed by atoms with van der Waals surface area (Å²) in [6.45, 7) is 0. The average molecular weight is 334 g/mol. The molecule has 0 N–H and O–H groups in total. The van der Waals surface area contributed by atoms with Gasteiger partial charge in [-0.2, -0.15) is 0 Å². The van der Waals surface area contributed by atoms with E-state index in [9.17, 15) is 0 Å². The van der Waals surface area contributed by atoms with E-state index in [1.165, 1.54) is 6.42 Å². The standard InChI is InChI=1S/C14H18BrClO2/c1-17-13-5-4-10(8-11(13)15)12(16)9-14(18-2)6-3-7-14/h4-5,8,12H,3,6-7,9H2,1-2H3. The quantitative estimate of drug-likeness (QED) is 0.727. The van der Waals surface area contributed by atoms with Gasteiger partial charge in [-0.15, -0.1) is 11.6 Å². The highest BCUT2D eigenvalue weighted by molar-refractivity contribution is 9.10. The Kier molecular flexibility index (Phi) is 4.57. The second kappa shape index (κ2) is 5.81. The SMILES string of the molecule is COc1ccc(C(Cl)CC2(OC)CCC2)cc1Br. The molecule has 1 atom stereocenters. The molecule has 100 valence electrons. The summed E-state index contributed by atoms with van der Waals surface area (Å²) in [7, 11) is 3.44. The smallest absolute Gasteiger partial charge is 0.133 e. The number of benzene rings is 1. The van der Waals surface area contributed by atoms with E-state index in [2.05, 4.69) is 15.9 Å². The summed E-state index contributed by atoms with van der Waals surface area (Å²) in [4.78, 5) is 0. The molecule has 0 saturated heterocycles. The van der Waals surface area contributed by atoms with Crippen LogP contribution in [0.15, 0.2) is 22.7 Å². The zero-order valence-corrected chi connectivity index (χ0v) is 13.1. The zero-order chi connectivity index (χ0) is 13.2. The van der Waals surface area contributed by atoms with Gasteiger partial charge in [-0.3, -0.25) is 0 Å². The summed E-state index contributed by atoms with van der Waals surface area (Å²) in [5, 5.41) is -0.0209. The minimum Gasteiger partial charge on any atom is -0.496 e. The first-order valence-electron chi connectivity index (χ1n) is 6.13. The molecule has 0 aliphatic heterocycles. The molecule has 1 aliphatic carbocycles. The lowest BCUT2D eigenvalue weighted by atomic mass is 9.76. The van der Waals surface area contributed by atoms with Gasteiger partial charge in [0, 0.05) is 7.11 Å². The molecule has 0 spiro atoms. The van der Waals surface area contributed by atoms with Crippen LogP contribution in [0.25, 0.3) is 0 Å². The van der Waals surface area contributed by atoms with Gasteiger partial charge in [0.05, 0.1) is 22.6 Å². The fraction of sp³-hybridized carbons (Fsp3) is 0.571. The van der Waals surface area contributed by atoms with Crippen molar-refractivity contribution in [1.82, 2.24) is 0 Å². The molecule has 1 saturated carbocycles. The van der Waals surface area contributed by atoms with Crippen LogP contribution in [0.3, 0.4) is 0 Å². The highest BCUT2D eigenvalue weighted by atomic mass is 79.9. The maximum Gasteiger partial charge on any atom is 0.133 e. The van der Waals surface area contributed by atoms with Gasteiger partial charge in [-0.25, -0.2) is 0 Å². The Morgan fingerprint density at radius 2 is 2.11 bits per heavy atom. The molecule has 1 unspecified atom stereocenters. The first kappa shape index (κ1) is 14.2. The third kappa shape index (κ3) is 2.84. The van der Waals surface area contributed by atoms with E-state index in [-0.39, 0.29) is 11.0 Å². The number of hydrogen-bond acceptors (Lipinski definition) is 2. The van der Waals surface area contributed by atoms with Crippen molar-refractivity contribution in [3.8, 4) is 5.75 Å². The summed E-state index contributed by atoms with van der Waals surface area (Å²) in [5.41, 5.74) is 1.10. The van der Waals surface area contributed by atoms with Crippen molar-refractivity contribution in [3.63, 3.8) is 0 Å². The van der Waals surface area contributed by atoms with Crippen molar-refractivity contribution in [2.45, 2.75) is 36.7 Å². The summed E-state index contributed by atoms with van der Waals surface area (Å²) in [6.07, 6.45) is 4.33. The second-order valence-electron chi connectivity index (χ2n) is 4.81. The molecule has 4 heteroatoms. The van der Waals surface area contributed by atoms with Crippen molar-refractivity contribution in [1.29, 1.82) is 0 Å². The van der Waals surface area contributed by atoms with Crippen LogP contribution < -0.4 is 4.74 Å². The van der Waals surface area contributed by atoms with Crippen molar-refractivity contribution in [2.24, 2.45) is 0 Å². The van der Waals surface area contributed by atoms with Crippen LogP contribution in [-0.2, 0) is 4.74 Å². The van der Waals surface area contributed by atoms with Crippen LogP contribution in [0, 0.1) is 0 Å². The molecule has 1 aliphatic rings. The third-order valence-electron chi connectivity index (χ3n) is 3.79. The van der Waals surface area contributed by atoms with Gasteiger partial charge >= 0.3 is 0 Å². The predicted octanol–water partition coefficient (Wildman–Crippen LogP) is 4.70. The number of methoxy groups -OCH3 is 2. The Bertz CT molecular complexity index is 413. The molecule has 18 heavy (non-hydrogen) atoms. The van der Waals surface area contributed by atoms with E-state index in [0.29, 0.717) is 0 Å². The maximum absolute atomic E-state index is 6.51. The Morgan fingerprint density at radius 1 is 1.39 bits per heavy atom. The lowest BCUT2D eigenvalue weighted by molar-refractivity contribution is -0.0780. The molecule has 0 amide bonds.